The summed E-state index contributed by atoms with van der Waals surface area (Å²) in [4.78, 5) is 12.5. The molecule has 0 atom stereocenters. The van der Waals surface area contributed by atoms with Crippen LogP contribution in [0.4, 0.5) is 8.78 Å². The van der Waals surface area contributed by atoms with Gasteiger partial charge in [0.2, 0.25) is 15.9 Å². The highest BCUT2D eigenvalue weighted by Crippen LogP contribution is 2.30. The second-order valence-corrected chi connectivity index (χ2v) is 10.5. The predicted molar refractivity (Wildman–Crippen MR) is 118 cm³/mol. The lowest BCUT2D eigenvalue weighted by Gasteiger charge is -2.31. The Morgan fingerprint density at radius 1 is 1.15 bits per heavy atom. The average Bonchev–Trinajstić information content (AvgIpc) is 3.43. The van der Waals surface area contributed by atoms with Gasteiger partial charge in [-0.1, -0.05) is 18.0 Å². The monoisotopic (exact) mass is 479 g/mol. The number of nitrogens with one attached hydrogen (secondary N) is 1. The molecule has 0 unspecified atom stereocenters. The Kier molecular flexibility index (Phi) is 6.94. The first-order valence-electron chi connectivity index (χ1n) is 11.2. The van der Waals surface area contributed by atoms with Crippen LogP contribution in [0.5, 0.6) is 0 Å². The third kappa shape index (κ3) is 5.16. The lowest BCUT2D eigenvalue weighted by atomic mass is 9.97. The van der Waals surface area contributed by atoms with Crippen molar-refractivity contribution in [3.05, 3.63) is 46.9 Å². The van der Waals surface area contributed by atoms with Crippen molar-refractivity contribution in [3.63, 3.8) is 0 Å². The molecule has 1 amide bonds. The summed E-state index contributed by atoms with van der Waals surface area (Å²) in [6.07, 6.45) is 7.77. The number of carbonyl (C=O) groups is 1. The van der Waals surface area contributed by atoms with Gasteiger partial charge in [0.15, 0.2) is 10.7 Å². The first kappa shape index (κ1) is 23.6. The van der Waals surface area contributed by atoms with Crippen molar-refractivity contribution < 1.29 is 26.5 Å². The number of piperidine rings is 1. The average molecular weight is 480 g/mol. The van der Waals surface area contributed by atoms with E-state index in [0.717, 1.165) is 37.8 Å². The van der Waals surface area contributed by atoms with Gasteiger partial charge in [-0.25, -0.2) is 17.2 Å². The van der Waals surface area contributed by atoms with E-state index in [9.17, 15) is 22.0 Å². The van der Waals surface area contributed by atoms with E-state index in [4.69, 9.17) is 4.52 Å². The number of rotatable bonds is 6. The summed E-state index contributed by atoms with van der Waals surface area (Å²) in [6, 6.07) is 3.34. The molecule has 1 aliphatic heterocycles. The first-order valence-corrected chi connectivity index (χ1v) is 12.6. The highest BCUT2D eigenvalue weighted by Gasteiger charge is 2.36. The highest BCUT2D eigenvalue weighted by molar-refractivity contribution is 7.89. The maximum absolute atomic E-state index is 13.9. The fourth-order valence-electron chi connectivity index (χ4n) is 4.48. The van der Waals surface area contributed by atoms with Crippen LogP contribution in [-0.2, 0) is 14.8 Å². The van der Waals surface area contributed by atoms with Crippen molar-refractivity contribution in [2.75, 3.05) is 13.1 Å². The van der Waals surface area contributed by atoms with Gasteiger partial charge in [0.05, 0.1) is 0 Å². The van der Waals surface area contributed by atoms with Gasteiger partial charge in [0, 0.05) is 36.7 Å². The fourth-order valence-corrected chi connectivity index (χ4v) is 6.20. The van der Waals surface area contributed by atoms with Gasteiger partial charge in [0.1, 0.15) is 17.3 Å². The molecule has 1 saturated carbocycles. The summed E-state index contributed by atoms with van der Waals surface area (Å²) in [5, 5.41) is 6.87. The standard InChI is InChI=1S/C23H27F2N3O4S/c1-15-22(21(32-27-15)9-7-16-6-8-18(24)14-20(16)25)33(30,31)28-12-10-17(11-13-28)23(29)26-19-4-2-3-5-19/h6-9,14,17,19H,2-5,10-13H2,1H3,(H,26,29). The van der Waals surface area contributed by atoms with Gasteiger partial charge in [-0.2, -0.15) is 4.31 Å². The van der Waals surface area contributed by atoms with Crippen LogP contribution in [0.2, 0.25) is 0 Å². The summed E-state index contributed by atoms with van der Waals surface area (Å²) < 4.78 is 60.2. The van der Waals surface area contributed by atoms with E-state index >= 15 is 0 Å². The van der Waals surface area contributed by atoms with Crippen LogP contribution in [-0.4, -0.2) is 42.9 Å². The smallest absolute Gasteiger partial charge is 0.248 e. The SMILES string of the molecule is Cc1noc(C=Cc2ccc(F)cc2F)c1S(=O)(=O)N1CCC(C(=O)NC2CCCC2)CC1. The number of amides is 1. The zero-order valence-corrected chi connectivity index (χ0v) is 19.2. The molecule has 178 valence electrons. The topological polar surface area (TPSA) is 92.5 Å². The van der Waals surface area contributed by atoms with E-state index in [2.05, 4.69) is 10.5 Å². The summed E-state index contributed by atoms with van der Waals surface area (Å²) in [5.74, 6) is -1.71. The zero-order chi connectivity index (χ0) is 23.6. The van der Waals surface area contributed by atoms with Crippen molar-refractivity contribution in [1.82, 2.24) is 14.8 Å². The molecule has 2 aromatic rings. The molecule has 1 saturated heterocycles. The summed E-state index contributed by atoms with van der Waals surface area (Å²) in [7, 11) is -3.93. The molecule has 1 aromatic heterocycles. The molecule has 2 aliphatic rings. The van der Waals surface area contributed by atoms with E-state index in [1.54, 1.807) is 0 Å². The van der Waals surface area contributed by atoms with Crippen molar-refractivity contribution in [1.29, 1.82) is 0 Å². The summed E-state index contributed by atoms with van der Waals surface area (Å²) in [6.45, 7) is 1.95. The minimum absolute atomic E-state index is 0.00468. The maximum Gasteiger partial charge on any atom is 0.248 e. The molecule has 2 fully saturated rings. The molecule has 0 spiro atoms. The van der Waals surface area contributed by atoms with E-state index < -0.39 is 21.7 Å². The van der Waals surface area contributed by atoms with Crippen LogP contribution >= 0.6 is 0 Å². The molecule has 2 heterocycles. The van der Waals surface area contributed by atoms with Crippen LogP contribution in [0, 0.1) is 24.5 Å². The van der Waals surface area contributed by atoms with Crippen LogP contribution < -0.4 is 5.32 Å². The number of benzene rings is 1. The number of aryl methyl sites for hydroxylation is 1. The second kappa shape index (κ2) is 9.72. The zero-order valence-electron chi connectivity index (χ0n) is 18.4. The molecule has 4 rings (SSSR count). The van der Waals surface area contributed by atoms with Gasteiger partial charge >= 0.3 is 0 Å². The molecule has 10 heteroatoms. The predicted octanol–water partition coefficient (Wildman–Crippen LogP) is 3.89. The van der Waals surface area contributed by atoms with Gasteiger partial charge in [0.25, 0.3) is 0 Å². The largest absolute Gasteiger partial charge is 0.355 e. The van der Waals surface area contributed by atoms with Crippen molar-refractivity contribution >= 4 is 28.1 Å². The maximum atomic E-state index is 13.9. The Balaban J connectivity index is 1.46. The molecular formula is C23H27F2N3O4S. The third-order valence-corrected chi connectivity index (χ3v) is 8.39. The number of sulfonamides is 1. The van der Waals surface area contributed by atoms with Crippen LogP contribution in [0.25, 0.3) is 12.2 Å². The lowest BCUT2D eigenvalue weighted by Crippen LogP contribution is -2.45. The molecular weight excluding hydrogens is 452 g/mol. The van der Waals surface area contributed by atoms with Gasteiger partial charge < -0.3 is 9.84 Å². The Bertz CT molecular complexity index is 1150. The fraction of sp³-hybridized carbons (Fsp3) is 0.478. The number of halogens is 2. The number of hydrogen-bond acceptors (Lipinski definition) is 5. The van der Waals surface area contributed by atoms with E-state index in [1.807, 2.05) is 0 Å². The molecule has 1 aliphatic carbocycles. The summed E-state index contributed by atoms with van der Waals surface area (Å²) in [5.41, 5.74) is 0.276. The lowest BCUT2D eigenvalue weighted by molar-refractivity contribution is -0.126. The minimum atomic E-state index is -3.93. The van der Waals surface area contributed by atoms with Crippen molar-refractivity contribution in [2.45, 2.75) is 56.4 Å². The number of hydrogen-bond donors (Lipinski definition) is 1. The van der Waals surface area contributed by atoms with Crippen molar-refractivity contribution in [3.8, 4) is 0 Å². The Hall–Kier alpha value is -2.59. The second-order valence-electron chi connectivity index (χ2n) is 8.63. The van der Waals surface area contributed by atoms with E-state index in [0.29, 0.717) is 12.8 Å². The number of nitrogens with zero attached hydrogens (tertiary/aromatic N) is 2. The minimum Gasteiger partial charge on any atom is -0.355 e. The van der Waals surface area contributed by atoms with Crippen molar-refractivity contribution in [2.24, 2.45) is 5.92 Å². The van der Waals surface area contributed by atoms with E-state index in [1.165, 1.54) is 29.4 Å². The Morgan fingerprint density at radius 2 is 1.85 bits per heavy atom. The third-order valence-electron chi connectivity index (χ3n) is 6.33. The van der Waals surface area contributed by atoms with Crippen LogP contribution in [0.15, 0.2) is 27.6 Å². The van der Waals surface area contributed by atoms with Gasteiger partial charge in [-0.05, 0) is 56.9 Å². The molecule has 1 N–H and O–H groups in total. The van der Waals surface area contributed by atoms with Crippen LogP contribution in [0.3, 0.4) is 0 Å². The van der Waals surface area contributed by atoms with Crippen LogP contribution in [0.1, 0.15) is 55.5 Å². The van der Waals surface area contributed by atoms with Gasteiger partial charge in [-0.3, -0.25) is 4.79 Å². The number of aromatic nitrogens is 1. The number of carbonyl (C=O) groups excluding carboxylic acids is 1. The quantitative estimate of drug-likeness (QED) is 0.679. The summed E-state index contributed by atoms with van der Waals surface area (Å²) >= 11 is 0. The Morgan fingerprint density at radius 3 is 2.52 bits per heavy atom. The first-order chi connectivity index (χ1) is 15.8. The van der Waals surface area contributed by atoms with E-state index in [-0.39, 0.29) is 52.9 Å². The molecule has 33 heavy (non-hydrogen) atoms. The highest BCUT2D eigenvalue weighted by atomic mass is 32.2. The molecule has 0 radical (unpaired) electrons. The Labute approximate surface area is 191 Å². The molecule has 0 bridgehead atoms. The molecule has 1 aromatic carbocycles. The van der Waals surface area contributed by atoms with Gasteiger partial charge in [-0.15, -0.1) is 0 Å². The normalized spacial score (nSPS) is 18.9. The molecule has 7 nitrogen and oxygen atoms in total.